The molecule has 1 atom stereocenters. The molecule has 1 aliphatic rings. The molecular weight excluding hydrogens is 903 g/mol. The molecule has 0 unspecified atom stereocenters. The zero-order chi connectivity index (χ0) is 49.1. The van der Waals surface area contributed by atoms with Crippen LogP contribution in [-0.2, 0) is 40.0 Å². The molecule has 1 aromatic heterocycles. The van der Waals surface area contributed by atoms with E-state index in [2.05, 4.69) is 30.3 Å². The molecule has 366 valence electrons. The number of nitrogens with zero attached hydrogens (tertiary/aromatic N) is 4. The summed E-state index contributed by atoms with van der Waals surface area (Å²) in [6.07, 6.45) is 3.51. The summed E-state index contributed by atoms with van der Waals surface area (Å²) in [6, 6.07) is 15.1. The highest BCUT2D eigenvalue weighted by Crippen LogP contribution is 2.41. The largest absolute Gasteiger partial charge is 0.465 e. The summed E-state index contributed by atoms with van der Waals surface area (Å²) < 4.78 is 42.8. The molecular formula is C48H66F2N6O9SSi. The van der Waals surface area contributed by atoms with Crippen LogP contribution in [0.25, 0.3) is 11.1 Å². The number of nitrogens with one attached hydrogen (secondary N) is 2. The first-order valence-electron chi connectivity index (χ1n) is 22.5. The van der Waals surface area contributed by atoms with E-state index in [1.54, 1.807) is 11.1 Å². The van der Waals surface area contributed by atoms with Crippen LogP contribution < -0.4 is 10.6 Å². The number of thioether (sulfide) groups is 1. The lowest BCUT2D eigenvalue weighted by Crippen LogP contribution is -2.44. The predicted molar refractivity (Wildman–Crippen MR) is 257 cm³/mol. The van der Waals surface area contributed by atoms with Crippen LogP contribution in [0.3, 0.4) is 0 Å². The van der Waals surface area contributed by atoms with Gasteiger partial charge in [-0.05, 0) is 47.7 Å². The van der Waals surface area contributed by atoms with E-state index in [0.717, 1.165) is 46.9 Å². The molecule has 0 saturated heterocycles. The van der Waals surface area contributed by atoms with Gasteiger partial charge in [0.1, 0.15) is 18.2 Å². The van der Waals surface area contributed by atoms with Crippen LogP contribution in [0, 0.1) is 17.0 Å². The summed E-state index contributed by atoms with van der Waals surface area (Å²) in [4.78, 5) is 78.7. The molecule has 0 saturated carbocycles. The number of ether oxygens (including phenoxy) is 2. The SMILES string of the molecule is CC(C)(C)[C@H](c1cc(-c2cc(F)ccc2F)cn1Cc1ccccc1)N(CCCN(CC[Si](C)(C)C)C(=O)O)C(=O)CSCCC(=O)NCCOCCOCCNC(=O)CN1C(=O)C=CC1=O. The maximum atomic E-state index is 15.3. The fourth-order valence-corrected chi connectivity index (χ4v) is 9.10. The van der Waals surface area contributed by atoms with E-state index in [1.165, 1.54) is 16.7 Å². The molecule has 0 spiro atoms. The molecule has 3 N–H and O–H groups in total. The number of imide groups is 1. The van der Waals surface area contributed by atoms with Crippen molar-refractivity contribution in [2.45, 2.75) is 71.9 Å². The average Bonchev–Trinajstić information content (AvgIpc) is 3.81. The monoisotopic (exact) mass is 968 g/mol. The van der Waals surface area contributed by atoms with E-state index >= 15 is 4.39 Å². The normalized spacial score (nSPS) is 13.2. The van der Waals surface area contributed by atoms with Crippen molar-refractivity contribution in [3.8, 4) is 11.1 Å². The van der Waals surface area contributed by atoms with Crippen molar-refractivity contribution >= 4 is 55.5 Å². The van der Waals surface area contributed by atoms with Crippen molar-refractivity contribution in [2.24, 2.45) is 5.41 Å². The van der Waals surface area contributed by atoms with Gasteiger partial charge in [-0.1, -0.05) is 70.7 Å². The molecule has 0 aliphatic carbocycles. The fourth-order valence-electron chi connectivity index (χ4n) is 7.34. The number of hydrogen-bond acceptors (Lipinski definition) is 9. The Hall–Kier alpha value is -5.37. The fraction of sp³-hybridized carbons (Fsp3) is 0.500. The Morgan fingerprint density at radius 2 is 1.49 bits per heavy atom. The maximum Gasteiger partial charge on any atom is 0.407 e. The highest BCUT2D eigenvalue weighted by atomic mass is 32.2. The van der Waals surface area contributed by atoms with Crippen LogP contribution in [0.4, 0.5) is 13.6 Å². The number of amides is 6. The van der Waals surface area contributed by atoms with Crippen LogP contribution in [-0.4, -0.2) is 145 Å². The third-order valence-electron chi connectivity index (χ3n) is 10.7. The molecule has 4 rings (SSSR count). The lowest BCUT2D eigenvalue weighted by Gasteiger charge is -2.41. The topological polar surface area (TPSA) is 180 Å². The van der Waals surface area contributed by atoms with Gasteiger partial charge in [0.2, 0.25) is 17.7 Å². The van der Waals surface area contributed by atoms with Gasteiger partial charge >= 0.3 is 6.09 Å². The molecule has 0 radical (unpaired) electrons. The first-order valence-corrected chi connectivity index (χ1v) is 27.4. The van der Waals surface area contributed by atoms with E-state index in [9.17, 15) is 38.3 Å². The van der Waals surface area contributed by atoms with Gasteiger partial charge < -0.3 is 39.6 Å². The Labute approximate surface area is 397 Å². The Balaban J connectivity index is 1.36. The number of hydrogen-bond donors (Lipinski definition) is 3. The molecule has 3 aromatic rings. The first-order chi connectivity index (χ1) is 31.7. The van der Waals surface area contributed by atoms with E-state index in [4.69, 9.17) is 9.47 Å². The zero-order valence-electron chi connectivity index (χ0n) is 39.5. The van der Waals surface area contributed by atoms with Crippen LogP contribution in [0.1, 0.15) is 50.9 Å². The molecule has 19 heteroatoms. The van der Waals surface area contributed by atoms with Gasteiger partial charge in [0, 0.05) is 94.7 Å². The number of rotatable bonds is 28. The van der Waals surface area contributed by atoms with Gasteiger partial charge in [0.05, 0.1) is 38.2 Å². The molecule has 2 aromatic carbocycles. The highest BCUT2D eigenvalue weighted by molar-refractivity contribution is 7.99. The number of carbonyl (C=O) groups excluding carboxylic acids is 5. The Bertz CT molecular complexity index is 2160. The lowest BCUT2D eigenvalue weighted by molar-refractivity contribution is -0.141. The summed E-state index contributed by atoms with van der Waals surface area (Å²) in [5.74, 6) is -2.72. The quantitative estimate of drug-likeness (QED) is 0.0418. The smallest absolute Gasteiger partial charge is 0.407 e. The second-order valence-corrected chi connectivity index (χ2v) is 25.2. The summed E-state index contributed by atoms with van der Waals surface area (Å²) in [5.41, 5.74) is 1.65. The van der Waals surface area contributed by atoms with E-state index in [0.29, 0.717) is 36.5 Å². The number of benzene rings is 2. The summed E-state index contributed by atoms with van der Waals surface area (Å²) in [5, 5.41) is 15.5. The van der Waals surface area contributed by atoms with E-state index in [1.807, 2.05) is 61.7 Å². The van der Waals surface area contributed by atoms with E-state index < -0.39 is 55.0 Å². The standard InChI is InChI=1S/C48H66F2N6O9SSi/c1-48(2,3)46(40-29-36(38-30-37(49)13-14-39(38)50)32-54(40)31-35-11-8-7-9-12-35)55(21-10-20-53(47(62)63)22-28-67(4,5)6)45(61)34-66-27-17-41(57)51-18-23-64-25-26-65-24-19-52-42(58)33-56-43(59)15-16-44(56)60/h7-9,11-16,29-30,32,46H,10,17-28,31,33-34H2,1-6H3,(H,51,57)(H,52,58)(H,62,63)/t46-/m0/s1. The van der Waals surface area contributed by atoms with E-state index in [-0.39, 0.29) is 88.7 Å². The zero-order valence-corrected chi connectivity index (χ0v) is 41.3. The second kappa shape index (κ2) is 26.2. The number of halogens is 2. The molecule has 2 heterocycles. The summed E-state index contributed by atoms with van der Waals surface area (Å²) in [6.45, 7) is 14.9. The van der Waals surface area contributed by atoms with Gasteiger partial charge in [-0.2, -0.15) is 11.8 Å². The minimum absolute atomic E-state index is 0.0466. The third kappa shape index (κ3) is 18.3. The Morgan fingerprint density at radius 1 is 0.851 bits per heavy atom. The van der Waals surface area contributed by atoms with Crippen LogP contribution in [0.5, 0.6) is 0 Å². The van der Waals surface area contributed by atoms with Gasteiger partial charge in [-0.25, -0.2) is 13.6 Å². The third-order valence-corrected chi connectivity index (χ3v) is 13.4. The van der Waals surface area contributed by atoms with Crippen LogP contribution in [0.2, 0.25) is 25.7 Å². The van der Waals surface area contributed by atoms with Crippen molar-refractivity contribution in [2.75, 3.05) is 77.2 Å². The number of aromatic nitrogens is 1. The van der Waals surface area contributed by atoms with Crippen molar-refractivity contribution < 1.29 is 52.1 Å². The number of carboxylic acid groups (broad SMARTS) is 1. The second-order valence-electron chi connectivity index (χ2n) is 18.5. The highest BCUT2D eigenvalue weighted by Gasteiger charge is 2.37. The average molecular weight is 969 g/mol. The molecule has 0 fully saturated rings. The molecule has 1 aliphatic heterocycles. The van der Waals surface area contributed by atoms with Crippen molar-refractivity contribution in [3.05, 3.63) is 95.8 Å². The molecule has 67 heavy (non-hydrogen) atoms. The van der Waals surface area contributed by atoms with Crippen molar-refractivity contribution in [1.82, 2.24) is 29.9 Å². The van der Waals surface area contributed by atoms with Crippen molar-refractivity contribution in [1.29, 1.82) is 0 Å². The number of carbonyl (C=O) groups is 6. The van der Waals surface area contributed by atoms with Crippen LogP contribution >= 0.6 is 11.8 Å². The molecule has 6 amide bonds. The Kier molecular flexibility index (Phi) is 21.2. The minimum Gasteiger partial charge on any atom is -0.465 e. The lowest BCUT2D eigenvalue weighted by atomic mass is 9.83. The van der Waals surface area contributed by atoms with Gasteiger partial charge in [-0.15, -0.1) is 0 Å². The van der Waals surface area contributed by atoms with Gasteiger partial charge in [0.15, 0.2) is 0 Å². The van der Waals surface area contributed by atoms with Crippen LogP contribution in [0.15, 0.2) is 72.9 Å². The maximum absolute atomic E-state index is 15.3. The van der Waals surface area contributed by atoms with Crippen molar-refractivity contribution in [3.63, 3.8) is 0 Å². The first kappa shape index (κ1) is 54.2. The minimum atomic E-state index is -1.55. The van der Waals surface area contributed by atoms with Gasteiger partial charge in [-0.3, -0.25) is 28.9 Å². The predicted octanol–water partition coefficient (Wildman–Crippen LogP) is 6.42. The molecule has 0 bridgehead atoms. The van der Waals surface area contributed by atoms with Gasteiger partial charge in [0.25, 0.3) is 11.8 Å². The molecule has 15 nitrogen and oxygen atoms in total. The Morgan fingerprint density at radius 3 is 2.10 bits per heavy atom. The summed E-state index contributed by atoms with van der Waals surface area (Å²) >= 11 is 1.32. The summed E-state index contributed by atoms with van der Waals surface area (Å²) in [7, 11) is -1.55.